The number of nitrogens with one attached hydrogen (secondary N) is 2. The molecule has 1 aromatic rings. The molecule has 1 aromatic heterocycles. The second-order valence-corrected chi connectivity index (χ2v) is 3.93. The summed E-state index contributed by atoms with van der Waals surface area (Å²) in [5, 5.41) is 3.50. The second kappa shape index (κ2) is 4.03. The fraction of sp³-hybridized carbons (Fsp3) is 0.500. The largest absolute Gasteiger partial charge is 0.353 e. The summed E-state index contributed by atoms with van der Waals surface area (Å²) in [6.45, 7) is 1.14. The summed E-state index contributed by atoms with van der Waals surface area (Å²) in [5.74, 6) is 0. The van der Waals surface area contributed by atoms with Gasteiger partial charge < -0.3 is 10.3 Å². The van der Waals surface area contributed by atoms with Gasteiger partial charge in [-0.05, 0) is 31.0 Å². The Kier molecular flexibility index (Phi) is 2.76. The normalized spacial score (nSPS) is 22.9. The summed E-state index contributed by atoms with van der Waals surface area (Å²) in [4.78, 5) is 3.07. The highest BCUT2D eigenvalue weighted by Gasteiger charge is 2.13. The first-order chi connectivity index (χ1) is 6.36. The minimum atomic E-state index is 0.528. The topological polar surface area (TPSA) is 27.8 Å². The first-order valence-corrected chi connectivity index (χ1v) is 5.19. The molecule has 3 heteroatoms. The third-order valence-electron chi connectivity index (χ3n) is 2.52. The van der Waals surface area contributed by atoms with Gasteiger partial charge in [0.25, 0.3) is 0 Å². The Labute approximate surface area is 83.4 Å². The van der Waals surface area contributed by atoms with E-state index in [1.54, 1.807) is 0 Å². The van der Waals surface area contributed by atoms with Crippen LogP contribution < -0.4 is 5.32 Å². The number of rotatable bonds is 1. The van der Waals surface area contributed by atoms with Crippen molar-refractivity contribution < 1.29 is 0 Å². The Bertz CT molecular complexity index is 305. The van der Waals surface area contributed by atoms with Gasteiger partial charge >= 0.3 is 0 Å². The number of aromatic amines is 1. The lowest BCUT2D eigenvalue weighted by Gasteiger charge is -2.23. The van der Waals surface area contributed by atoms with Gasteiger partial charge in [0.05, 0.1) is 0 Å². The lowest BCUT2D eigenvalue weighted by atomic mass is 9.99. The molecule has 2 nitrogen and oxygen atoms in total. The quantitative estimate of drug-likeness (QED) is 0.672. The van der Waals surface area contributed by atoms with Crippen molar-refractivity contribution in [2.45, 2.75) is 25.3 Å². The van der Waals surface area contributed by atoms with Crippen LogP contribution in [0.25, 0.3) is 0 Å². The van der Waals surface area contributed by atoms with Gasteiger partial charge in [-0.25, -0.2) is 0 Å². The maximum Gasteiger partial charge on any atom is 0.103 e. The van der Waals surface area contributed by atoms with Gasteiger partial charge in [0.15, 0.2) is 0 Å². The smallest absolute Gasteiger partial charge is 0.103 e. The molecule has 2 heterocycles. The molecular weight excluding hydrogens is 180 g/mol. The Hall–Kier alpha value is -0.670. The highest BCUT2D eigenvalue weighted by molar-refractivity contribution is 7.71. The molecule has 0 unspecified atom stereocenters. The van der Waals surface area contributed by atoms with Crippen LogP contribution in [0.3, 0.4) is 0 Å². The number of hydrogen-bond donors (Lipinski definition) is 2. The average molecular weight is 194 g/mol. The van der Waals surface area contributed by atoms with Crippen molar-refractivity contribution in [3.8, 4) is 0 Å². The van der Waals surface area contributed by atoms with Gasteiger partial charge in [-0.2, -0.15) is 0 Å². The van der Waals surface area contributed by atoms with Crippen LogP contribution in [0.2, 0.25) is 0 Å². The number of aromatic nitrogens is 1. The lowest BCUT2D eigenvalue weighted by molar-refractivity contribution is 0.411. The number of H-pyrrole nitrogens is 1. The highest BCUT2D eigenvalue weighted by Crippen LogP contribution is 2.21. The molecule has 1 aliphatic heterocycles. The fourth-order valence-corrected chi connectivity index (χ4v) is 1.90. The van der Waals surface area contributed by atoms with Crippen molar-refractivity contribution in [1.29, 1.82) is 0 Å². The third kappa shape index (κ3) is 2.17. The third-order valence-corrected chi connectivity index (χ3v) is 2.77. The van der Waals surface area contributed by atoms with Crippen molar-refractivity contribution in [3.05, 3.63) is 28.5 Å². The molecule has 13 heavy (non-hydrogen) atoms. The van der Waals surface area contributed by atoms with Crippen molar-refractivity contribution in [1.82, 2.24) is 10.3 Å². The Balaban J connectivity index is 2.14. The van der Waals surface area contributed by atoms with Crippen LogP contribution in [-0.4, -0.2) is 11.5 Å². The SMILES string of the molecule is S=c1ccc([C@@H]2CCCCN2)c[nH]1. The van der Waals surface area contributed by atoms with Crippen LogP contribution in [0.15, 0.2) is 18.3 Å². The van der Waals surface area contributed by atoms with Crippen molar-refractivity contribution >= 4 is 12.2 Å². The maximum atomic E-state index is 5.00. The molecule has 0 aliphatic carbocycles. The Morgan fingerprint density at radius 3 is 2.85 bits per heavy atom. The van der Waals surface area contributed by atoms with Crippen molar-refractivity contribution in [3.63, 3.8) is 0 Å². The van der Waals surface area contributed by atoms with Crippen LogP contribution >= 0.6 is 12.2 Å². The van der Waals surface area contributed by atoms with Gasteiger partial charge in [0.1, 0.15) is 4.64 Å². The Morgan fingerprint density at radius 1 is 1.31 bits per heavy atom. The molecule has 1 atom stereocenters. The maximum absolute atomic E-state index is 5.00. The van der Waals surface area contributed by atoms with E-state index in [1.165, 1.54) is 24.8 Å². The molecule has 0 amide bonds. The molecule has 0 saturated carbocycles. The monoisotopic (exact) mass is 194 g/mol. The van der Waals surface area contributed by atoms with E-state index in [4.69, 9.17) is 12.2 Å². The summed E-state index contributed by atoms with van der Waals surface area (Å²) in [6.07, 6.45) is 5.89. The molecule has 0 radical (unpaired) electrons. The van der Waals surface area contributed by atoms with Crippen molar-refractivity contribution in [2.75, 3.05) is 6.54 Å². The summed E-state index contributed by atoms with van der Waals surface area (Å²) in [5.41, 5.74) is 1.33. The summed E-state index contributed by atoms with van der Waals surface area (Å²) in [6, 6.07) is 4.60. The first kappa shape index (κ1) is 8.91. The number of hydrogen-bond acceptors (Lipinski definition) is 2. The molecule has 1 saturated heterocycles. The van der Waals surface area contributed by atoms with Crippen molar-refractivity contribution in [2.24, 2.45) is 0 Å². The van der Waals surface area contributed by atoms with Crippen LogP contribution in [0, 0.1) is 4.64 Å². The summed E-state index contributed by atoms with van der Waals surface area (Å²) in [7, 11) is 0. The summed E-state index contributed by atoms with van der Waals surface area (Å²) < 4.78 is 0.805. The molecule has 2 rings (SSSR count). The minimum absolute atomic E-state index is 0.528. The van der Waals surface area contributed by atoms with E-state index in [1.807, 2.05) is 12.3 Å². The molecule has 0 aromatic carbocycles. The molecule has 2 N–H and O–H groups in total. The van der Waals surface area contributed by atoms with Gasteiger partial charge in [0, 0.05) is 12.2 Å². The minimum Gasteiger partial charge on any atom is -0.353 e. The van der Waals surface area contributed by atoms with E-state index in [9.17, 15) is 0 Å². The molecule has 1 aliphatic rings. The summed E-state index contributed by atoms with van der Waals surface area (Å²) >= 11 is 5.00. The average Bonchev–Trinajstić information content (AvgIpc) is 2.20. The zero-order chi connectivity index (χ0) is 9.10. The lowest BCUT2D eigenvalue weighted by Crippen LogP contribution is -2.26. The van der Waals surface area contributed by atoms with Crippen LogP contribution in [0.5, 0.6) is 0 Å². The molecule has 0 spiro atoms. The molecule has 70 valence electrons. The first-order valence-electron chi connectivity index (χ1n) is 4.78. The molecule has 1 fully saturated rings. The zero-order valence-electron chi connectivity index (χ0n) is 7.55. The second-order valence-electron chi connectivity index (χ2n) is 3.49. The fourth-order valence-electron chi connectivity index (χ4n) is 1.78. The predicted molar refractivity (Wildman–Crippen MR) is 56.2 cm³/mol. The molecular formula is C10H14N2S. The number of pyridine rings is 1. The Morgan fingerprint density at radius 2 is 2.23 bits per heavy atom. The van der Waals surface area contributed by atoms with E-state index in [0.29, 0.717) is 6.04 Å². The van der Waals surface area contributed by atoms with Gasteiger partial charge in [-0.15, -0.1) is 0 Å². The standard InChI is InChI=1S/C10H14N2S/c13-10-5-4-8(7-12-10)9-3-1-2-6-11-9/h4-5,7,9,11H,1-3,6H2,(H,12,13)/t9-/m0/s1. The zero-order valence-corrected chi connectivity index (χ0v) is 8.36. The van der Waals surface area contributed by atoms with E-state index in [0.717, 1.165) is 11.2 Å². The van der Waals surface area contributed by atoms with E-state index in [2.05, 4.69) is 16.4 Å². The van der Waals surface area contributed by atoms with Gasteiger partial charge in [-0.1, -0.05) is 24.7 Å². The van der Waals surface area contributed by atoms with Gasteiger partial charge in [-0.3, -0.25) is 0 Å². The molecule has 0 bridgehead atoms. The van der Waals surface area contributed by atoms with Crippen LogP contribution in [0.1, 0.15) is 30.9 Å². The number of piperidine rings is 1. The van der Waals surface area contributed by atoms with E-state index < -0.39 is 0 Å². The van der Waals surface area contributed by atoms with E-state index >= 15 is 0 Å². The van der Waals surface area contributed by atoms with E-state index in [-0.39, 0.29) is 0 Å². The van der Waals surface area contributed by atoms with Gasteiger partial charge in [0.2, 0.25) is 0 Å². The highest BCUT2D eigenvalue weighted by atomic mass is 32.1. The predicted octanol–water partition coefficient (Wildman–Crippen LogP) is 2.56. The van der Waals surface area contributed by atoms with Crippen LogP contribution in [-0.2, 0) is 0 Å². The van der Waals surface area contributed by atoms with Crippen LogP contribution in [0.4, 0.5) is 0 Å².